The Hall–Kier alpha value is -2.62. The third-order valence-electron chi connectivity index (χ3n) is 2.61. The topological polar surface area (TPSA) is 113 Å². The molecular formula is C13H14N2O5. The molecule has 0 saturated carbocycles. The van der Waals surface area contributed by atoms with Gasteiger partial charge in [0, 0.05) is 23.8 Å². The fourth-order valence-electron chi connectivity index (χ4n) is 1.69. The third kappa shape index (κ3) is 5.82. The molecule has 0 saturated heterocycles. The van der Waals surface area contributed by atoms with E-state index in [2.05, 4.69) is 10.7 Å². The second-order valence-corrected chi connectivity index (χ2v) is 4.11. The molecule has 106 valence electrons. The fourth-order valence-corrected chi connectivity index (χ4v) is 1.69. The summed E-state index contributed by atoms with van der Waals surface area (Å²) >= 11 is 0. The van der Waals surface area contributed by atoms with Gasteiger partial charge in [0.1, 0.15) is 0 Å². The van der Waals surface area contributed by atoms with E-state index < -0.39 is 17.9 Å². The molecule has 0 fully saturated rings. The molecule has 0 radical (unpaired) electrons. The Labute approximate surface area is 115 Å². The van der Waals surface area contributed by atoms with Gasteiger partial charge in [-0.3, -0.25) is 14.9 Å². The van der Waals surface area contributed by atoms with Crippen molar-refractivity contribution in [3.8, 4) is 11.8 Å². The number of rotatable bonds is 4. The van der Waals surface area contributed by atoms with E-state index >= 15 is 0 Å². The van der Waals surface area contributed by atoms with Gasteiger partial charge < -0.3 is 10.5 Å². The number of hydrogen-bond acceptors (Lipinski definition) is 5. The van der Waals surface area contributed by atoms with Crippen molar-refractivity contribution in [2.75, 3.05) is 6.61 Å². The number of nitrogens with zero attached hydrogens (tertiary/aromatic N) is 1. The Morgan fingerprint density at radius 2 is 2.35 bits per heavy atom. The van der Waals surface area contributed by atoms with Gasteiger partial charge in [-0.25, -0.2) is 4.79 Å². The molecule has 1 rings (SSSR count). The lowest BCUT2D eigenvalue weighted by atomic mass is 9.95. The highest BCUT2D eigenvalue weighted by atomic mass is 16.6. The number of carbonyl (C=O) groups excluding carboxylic acids is 2. The second-order valence-electron chi connectivity index (χ2n) is 4.11. The normalized spacial score (nSPS) is 17.8. The van der Waals surface area contributed by atoms with Crippen molar-refractivity contribution >= 4 is 11.9 Å². The molecule has 20 heavy (non-hydrogen) atoms. The Balaban J connectivity index is 2.42. The predicted octanol–water partition coefficient (Wildman–Crippen LogP) is 0.330. The Morgan fingerprint density at radius 1 is 1.60 bits per heavy atom. The summed E-state index contributed by atoms with van der Waals surface area (Å²) in [6, 6.07) is -0.600. The van der Waals surface area contributed by atoms with Crippen LogP contribution >= 0.6 is 0 Å². The zero-order valence-electron chi connectivity index (χ0n) is 10.7. The maximum absolute atomic E-state index is 11.3. The number of allylic oxidation sites excluding steroid dienone is 2. The quantitative estimate of drug-likeness (QED) is 0.262. The predicted molar refractivity (Wildman–Crippen MR) is 69.8 cm³/mol. The highest BCUT2D eigenvalue weighted by molar-refractivity contribution is 5.92. The highest BCUT2D eigenvalue weighted by Gasteiger charge is 2.23. The maximum atomic E-state index is 11.3. The monoisotopic (exact) mass is 278 g/mol. The van der Waals surface area contributed by atoms with E-state index in [0.717, 1.165) is 5.57 Å². The number of hydrogen-bond donors (Lipinski definition) is 1. The second kappa shape index (κ2) is 7.74. The molecule has 0 aromatic heterocycles. The molecule has 0 heterocycles. The van der Waals surface area contributed by atoms with Crippen LogP contribution in [0, 0.1) is 22.0 Å². The molecule has 1 amide bonds. The summed E-state index contributed by atoms with van der Waals surface area (Å²) < 4.78 is 4.69. The van der Waals surface area contributed by atoms with Crippen molar-refractivity contribution in [3.63, 3.8) is 0 Å². The fraction of sp³-hybridized carbons (Fsp3) is 0.385. The molecular weight excluding hydrogens is 264 g/mol. The number of amides is 1. The molecule has 0 aliphatic heterocycles. The Morgan fingerprint density at radius 3 is 3.00 bits per heavy atom. The van der Waals surface area contributed by atoms with Gasteiger partial charge in [0.25, 0.3) is 5.91 Å². The third-order valence-corrected chi connectivity index (χ3v) is 2.61. The first kappa shape index (κ1) is 15.4. The van der Waals surface area contributed by atoms with Crippen LogP contribution in [0.3, 0.4) is 0 Å². The lowest BCUT2D eigenvalue weighted by Crippen LogP contribution is -2.21. The first-order valence-electron chi connectivity index (χ1n) is 5.94. The minimum Gasteiger partial charge on any atom is -0.449 e. The molecule has 2 N–H and O–H groups in total. The van der Waals surface area contributed by atoms with Gasteiger partial charge in [0.05, 0.1) is 0 Å². The van der Waals surface area contributed by atoms with Crippen LogP contribution in [0.25, 0.3) is 0 Å². The van der Waals surface area contributed by atoms with E-state index in [4.69, 9.17) is 5.73 Å². The average molecular weight is 278 g/mol. The van der Waals surface area contributed by atoms with Gasteiger partial charge in [-0.15, -0.1) is 0 Å². The average Bonchev–Trinajstić information content (AvgIpc) is 2.41. The summed E-state index contributed by atoms with van der Waals surface area (Å²) in [4.78, 5) is 32.0. The SMILES string of the molecule is NC(=O)C#CCOC(=O)/C=C/C1=CCCC([N+](=O)[O-])C1. The molecule has 0 aromatic carbocycles. The van der Waals surface area contributed by atoms with Crippen LogP contribution < -0.4 is 5.73 Å². The molecule has 7 nitrogen and oxygen atoms in total. The lowest BCUT2D eigenvalue weighted by Gasteiger charge is -2.13. The summed E-state index contributed by atoms with van der Waals surface area (Å²) in [6.45, 7) is -0.233. The molecule has 0 aromatic rings. The minimum absolute atomic E-state index is 0.233. The summed E-state index contributed by atoms with van der Waals surface area (Å²) in [5, 5.41) is 10.7. The van der Waals surface area contributed by atoms with Crippen molar-refractivity contribution in [2.45, 2.75) is 25.3 Å². The van der Waals surface area contributed by atoms with Crippen molar-refractivity contribution in [1.29, 1.82) is 0 Å². The van der Waals surface area contributed by atoms with Crippen molar-refractivity contribution in [3.05, 3.63) is 33.9 Å². The zero-order chi connectivity index (χ0) is 15.0. The molecule has 0 bridgehead atoms. The Bertz CT molecular complexity index is 525. The summed E-state index contributed by atoms with van der Waals surface area (Å²) in [6.07, 6.45) is 5.97. The van der Waals surface area contributed by atoms with Crippen molar-refractivity contribution < 1.29 is 19.2 Å². The Kier molecular flexibility index (Phi) is 5.97. The van der Waals surface area contributed by atoms with Crippen LogP contribution in [0.1, 0.15) is 19.3 Å². The smallest absolute Gasteiger partial charge is 0.331 e. The largest absolute Gasteiger partial charge is 0.449 e. The molecule has 7 heteroatoms. The number of nitrogens with two attached hydrogens (primary N) is 1. The molecule has 0 spiro atoms. The molecule has 1 unspecified atom stereocenters. The number of nitro groups is 1. The van der Waals surface area contributed by atoms with Crippen LogP contribution in [0.15, 0.2) is 23.8 Å². The van der Waals surface area contributed by atoms with Crippen LogP contribution in [-0.2, 0) is 14.3 Å². The standard InChI is InChI=1S/C13H14N2O5/c14-12(16)5-2-8-20-13(17)7-6-10-3-1-4-11(9-10)15(18)19/h3,6-7,11H,1,4,8-9H2,(H2,14,16)/b7-6+. The van der Waals surface area contributed by atoms with Crippen molar-refractivity contribution in [1.82, 2.24) is 0 Å². The minimum atomic E-state index is -0.797. The molecule has 1 atom stereocenters. The van der Waals surface area contributed by atoms with Crippen LogP contribution in [0.4, 0.5) is 0 Å². The highest BCUT2D eigenvalue weighted by Crippen LogP contribution is 2.21. The first-order valence-corrected chi connectivity index (χ1v) is 5.94. The lowest BCUT2D eigenvalue weighted by molar-refractivity contribution is -0.523. The summed E-state index contributed by atoms with van der Waals surface area (Å²) in [7, 11) is 0. The van der Waals surface area contributed by atoms with E-state index in [1.165, 1.54) is 12.2 Å². The van der Waals surface area contributed by atoms with Gasteiger partial charge in [0.2, 0.25) is 6.04 Å². The van der Waals surface area contributed by atoms with Gasteiger partial charge >= 0.3 is 5.97 Å². The number of carbonyl (C=O) groups is 2. The summed E-state index contributed by atoms with van der Waals surface area (Å²) in [5.41, 5.74) is 5.51. The van der Waals surface area contributed by atoms with E-state index in [0.29, 0.717) is 19.3 Å². The van der Waals surface area contributed by atoms with Gasteiger partial charge in [-0.1, -0.05) is 18.1 Å². The van der Waals surface area contributed by atoms with Crippen LogP contribution in [0.5, 0.6) is 0 Å². The zero-order valence-corrected chi connectivity index (χ0v) is 10.7. The van der Waals surface area contributed by atoms with Gasteiger partial charge in [-0.05, 0) is 17.9 Å². The molecule has 1 aliphatic rings. The molecule has 1 aliphatic carbocycles. The van der Waals surface area contributed by atoms with Gasteiger partial charge in [-0.2, -0.15) is 0 Å². The van der Waals surface area contributed by atoms with Crippen molar-refractivity contribution in [2.24, 2.45) is 5.73 Å². The van der Waals surface area contributed by atoms with Crippen LogP contribution in [-0.4, -0.2) is 29.4 Å². The summed E-state index contributed by atoms with van der Waals surface area (Å²) in [5.74, 6) is 2.87. The van der Waals surface area contributed by atoms with E-state index in [-0.39, 0.29) is 11.5 Å². The number of primary amides is 1. The van der Waals surface area contributed by atoms with E-state index in [9.17, 15) is 19.7 Å². The van der Waals surface area contributed by atoms with E-state index in [1.807, 2.05) is 12.0 Å². The van der Waals surface area contributed by atoms with E-state index in [1.54, 1.807) is 0 Å². The maximum Gasteiger partial charge on any atom is 0.331 e. The van der Waals surface area contributed by atoms with Gasteiger partial charge in [0.15, 0.2) is 6.61 Å². The van der Waals surface area contributed by atoms with Crippen LogP contribution in [0.2, 0.25) is 0 Å². The number of ether oxygens (including phenoxy) is 1. The number of esters is 1. The first-order chi connectivity index (χ1) is 9.49.